The Hall–Kier alpha value is -2.40. The van der Waals surface area contributed by atoms with Crippen LogP contribution in [0.4, 0.5) is 5.69 Å². The van der Waals surface area contributed by atoms with E-state index in [-0.39, 0.29) is 11.8 Å². The molecular formula is C17H16ClN3O2. The minimum Gasteiger partial charge on any atom is -0.348 e. The smallest absolute Gasteiger partial charge is 0.253 e. The predicted octanol–water partition coefficient (Wildman–Crippen LogP) is 2.79. The van der Waals surface area contributed by atoms with Gasteiger partial charge in [-0.15, -0.1) is 0 Å². The standard InChI is InChI=1S/C17H16ClN3O2/c18-13-5-6-14(15(9-13)21-8-2-4-16(21)22)17(23)20-11-12-3-1-7-19-10-12/h1,3,5-7,9-10H,2,4,8,11H2,(H,20,23). The molecule has 2 aromatic rings. The SMILES string of the molecule is O=C(NCc1cccnc1)c1ccc(Cl)cc1N1CCCC1=O. The fourth-order valence-electron chi connectivity index (χ4n) is 2.60. The van der Waals surface area contributed by atoms with Gasteiger partial charge in [-0.1, -0.05) is 17.7 Å². The van der Waals surface area contributed by atoms with E-state index in [0.717, 1.165) is 12.0 Å². The first-order valence-electron chi connectivity index (χ1n) is 7.42. The molecule has 0 saturated carbocycles. The number of nitrogens with one attached hydrogen (secondary N) is 1. The molecule has 3 rings (SSSR count). The second kappa shape index (κ2) is 6.79. The molecule has 23 heavy (non-hydrogen) atoms. The molecule has 1 saturated heterocycles. The summed E-state index contributed by atoms with van der Waals surface area (Å²) in [7, 11) is 0. The molecule has 0 spiro atoms. The van der Waals surface area contributed by atoms with Crippen LogP contribution < -0.4 is 10.2 Å². The van der Waals surface area contributed by atoms with Crippen molar-refractivity contribution in [2.45, 2.75) is 19.4 Å². The number of rotatable bonds is 4. The lowest BCUT2D eigenvalue weighted by Gasteiger charge is -2.19. The first kappa shape index (κ1) is 15.5. The molecule has 0 aliphatic carbocycles. The van der Waals surface area contributed by atoms with Crippen LogP contribution in [0.2, 0.25) is 5.02 Å². The fraction of sp³-hybridized carbons (Fsp3) is 0.235. The molecule has 0 unspecified atom stereocenters. The normalized spacial score (nSPS) is 14.1. The van der Waals surface area contributed by atoms with Gasteiger partial charge in [0.05, 0.1) is 11.3 Å². The third-order valence-corrected chi connectivity index (χ3v) is 3.98. The fourth-order valence-corrected chi connectivity index (χ4v) is 2.77. The van der Waals surface area contributed by atoms with Crippen LogP contribution in [0.15, 0.2) is 42.7 Å². The monoisotopic (exact) mass is 329 g/mol. The lowest BCUT2D eigenvalue weighted by molar-refractivity contribution is -0.117. The highest BCUT2D eigenvalue weighted by Gasteiger charge is 2.26. The summed E-state index contributed by atoms with van der Waals surface area (Å²) in [6.07, 6.45) is 4.68. The van der Waals surface area contributed by atoms with Crippen molar-refractivity contribution < 1.29 is 9.59 Å². The number of pyridine rings is 1. The number of hydrogen-bond donors (Lipinski definition) is 1. The molecule has 0 atom stereocenters. The molecule has 1 aliphatic rings. The predicted molar refractivity (Wildman–Crippen MR) is 88.4 cm³/mol. The first-order chi connectivity index (χ1) is 11.1. The van der Waals surface area contributed by atoms with E-state index in [1.54, 1.807) is 35.5 Å². The average Bonchev–Trinajstić information content (AvgIpc) is 2.99. The molecule has 6 heteroatoms. The third-order valence-electron chi connectivity index (χ3n) is 3.74. The zero-order valence-electron chi connectivity index (χ0n) is 12.5. The molecule has 1 N–H and O–H groups in total. The molecule has 1 aromatic carbocycles. The summed E-state index contributed by atoms with van der Waals surface area (Å²) < 4.78 is 0. The van der Waals surface area contributed by atoms with Crippen molar-refractivity contribution in [1.29, 1.82) is 0 Å². The largest absolute Gasteiger partial charge is 0.348 e. The van der Waals surface area contributed by atoms with Crippen LogP contribution in [0.5, 0.6) is 0 Å². The summed E-state index contributed by atoms with van der Waals surface area (Å²) in [4.78, 5) is 30.1. The van der Waals surface area contributed by atoms with Gasteiger partial charge >= 0.3 is 0 Å². The number of nitrogens with zero attached hydrogens (tertiary/aromatic N) is 2. The summed E-state index contributed by atoms with van der Waals surface area (Å²) in [6.45, 7) is 0.991. The minimum atomic E-state index is -0.236. The molecule has 118 valence electrons. The molecular weight excluding hydrogens is 314 g/mol. The van der Waals surface area contributed by atoms with E-state index in [0.29, 0.717) is 35.8 Å². The van der Waals surface area contributed by atoms with Gasteiger partial charge in [-0.05, 0) is 36.2 Å². The third kappa shape index (κ3) is 3.51. The van der Waals surface area contributed by atoms with Gasteiger partial charge in [-0.25, -0.2) is 0 Å². The first-order valence-corrected chi connectivity index (χ1v) is 7.80. The molecule has 0 bridgehead atoms. The number of aromatic nitrogens is 1. The van der Waals surface area contributed by atoms with E-state index >= 15 is 0 Å². The maximum Gasteiger partial charge on any atom is 0.253 e. The molecule has 2 amide bonds. The van der Waals surface area contributed by atoms with Crippen molar-refractivity contribution in [3.63, 3.8) is 0 Å². The van der Waals surface area contributed by atoms with E-state index in [9.17, 15) is 9.59 Å². The molecule has 5 nitrogen and oxygen atoms in total. The van der Waals surface area contributed by atoms with Gasteiger partial charge in [-0.2, -0.15) is 0 Å². The minimum absolute atomic E-state index is 0.0218. The second-order valence-electron chi connectivity index (χ2n) is 5.35. The zero-order valence-corrected chi connectivity index (χ0v) is 13.2. The van der Waals surface area contributed by atoms with Gasteiger partial charge in [0, 0.05) is 36.9 Å². The number of benzene rings is 1. The molecule has 2 heterocycles. The number of carbonyl (C=O) groups is 2. The van der Waals surface area contributed by atoms with Gasteiger partial charge in [0.2, 0.25) is 5.91 Å². The molecule has 0 radical (unpaired) electrons. The Morgan fingerprint density at radius 1 is 1.35 bits per heavy atom. The lowest BCUT2D eigenvalue weighted by atomic mass is 10.1. The zero-order chi connectivity index (χ0) is 16.2. The van der Waals surface area contributed by atoms with Crippen LogP contribution >= 0.6 is 11.6 Å². The van der Waals surface area contributed by atoms with Gasteiger partial charge < -0.3 is 10.2 Å². The van der Waals surface area contributed by atoms with Crippen molar-refractivity contribution in [2.75, 3.05) is 11.4 Å². The number of anilines is 1. The maximum absolute atomic E-state index is 12.5. The molecule has 1 aliphatic heterocycles. The number of hydrogen-bond acceptors (Lipinski definition) is 3. The summed E-state index contributed by atoms with van der Waals surface area (Å²) in [5, 5.41) is 3.36. The Labute approximate surface area is 139 Å². The van der Waals surface area contributed by atoms with Crippen LogP contribution in [0.25, 0.3) is 0 Å². The Bertz CT molecular complexity index is 734. The van der Waals surface area contributed by atoms with E-state index in [1.807, 2.05) is 12.1 Å². The maximum atomic E-state index is 12.5. The molecule has 1 aromatic heterocycles. The van der Waals surface area contributed by atoms with E-state index in [4.69, 9.17) is 11.6 Å². The highest BCUT2D eigenvalue weighted by molar-refractivity contribution is 6.31. The van der Waals surface area contributed by atoms with Gasteiger partial charge in [-0.3, -0.25) is 14.6 Å². The molecule has 1 fully saturated rings. The highest BCUT2D eigenvalue weighted by Crippen LogP contribution is 2.28. The van der Waals surface area contributed by atoms with Crippen LogP contribution in [0.1, 0.15) is 28.8 Å². The van der Waals surface area contributed by atoms with Gasteiger partial charge in [0.25, 0.3) is 5.91 Å². The number of halogens is 1. The Kier molecular flexibility index (Phi) is 4.57. The van der Waals surface area contributed by atoms with Crippen LogP contribution in [0.3, 0.4) is 0 Å². The van der Waals surface area contributed by atoms with Crippen LogP contribution in [-0.4, -0.2) is 23.3 Å². The summed E-state index contributed by atoms with van der Waals surface area (Å²) in [6, 6.07) is 8.69. The summed E-state index contributed by atoms with van der Waals surface area (Å²) in [5.41, 5.74) is 1.94. The second-order valence-corrected chi connectivity index (χ2v) is 5.79. The summed E-state index contributed by atoms with van der Waals surface area (Å²) >= 11 is 6.04. The van der Waals surface area contributed by atoms with Crippen molar-refractivity contribution in [1.82, 2.24) is 10.3 Å². The number of amides is 2. The summed E-state index contributed by atoms with van der Waals surface area (Å²) in [5.74, 6) is -0.214. The average molecular weight is 330 g/mol. The Balaban J connectivity index is 1.81. The Morgan fingerprint density at radius 2 is 2.22 bits per heavy atom. The van der Waals surface area contributed by atoms with Crippen LogP contribution in [-0.2, 0) is 11.3 Å². The quantitative estimate of drug-likeness (QED) is 0.938. The van der Waals surface area contributed by atoms with Crippen molar-refractivity contribution in [3.8, 4) is 0 Å². The van der Waals surface area contributed by atoms with E-state index in [1.165, 1.54) is 0 Å². The highest BCUT2D eigenvalue weighted by atomic mass is 35.5. The van der Waals surface area contributed by atoms with Crippen LogP contribution in [0, 0.1) is 0 Å². The van der Waals surface area contributed by atoms with E-state index < -0.39 is 0 Å². The number of carbonyl (C=O) groups excluding carboxylic acids is 2. The van der Waals surface area contributed by atoms with E-state index in [2.05, 4.69) is 10.3 Å². The topological polar surface area (TPSA) is 62.3 Å². The van der Waals surface area contributed by atoms with Gasteiger partial charge in [0.15, 0.2) is 0 Å². The van der Waals surface area contributed by atoms with Crippen molar-refractivity contribution >= 4 is 29.1 Å². The van der Waals surface area contributed by atoms with Crippen molar-refractivity contribution in [2.24, 2.45) is 0 Å². The lowest BCUT2D eigenvalue weighted by Crippen LogP contribution is -2.29. The Morgan fingerprint density at radius 3 is 2.91 bits per heavy atom. The van der Waals surface area contributed by atoms with Gasteiger partial charge in [0.1, 0.15) is 0 Å². The van der Waals surface area contributed by atoms with Crippen molar-refractivity contribution in [3.05, 3.63) is 58.9 Å².